The number of hydrogen-bond donors (Lipinski definition) is 1. The summed E-state index contributed by atoms with van der Waals surface area (Å²) in [7, 11) is 2.83. The van der Waals surface area contributed by atoms with Crippen LogP contribution in [0.2, 0.25) is 0 Å². The summed E-state index contributed by atoms with van der Waals surface area (Å²) in [6.07, 6.45) is 0. The minimum Gasteiger partial charge on any atom is -0.484 e. The van der Waals surface area contributed by atoms with Crippen molar-refractivity contribution in [2.24, 2.45) is 0 Å². The minimum atomic E-state index is -0.449. The van der Waals surface area contributed by atoms with Crippen LogP contribution in [0.3, 0.4) is 0 Å². The van der Waals surface area contributed by atoms with Gasteiger partial charge in [-0.25, -0.2) is 4.79 Å². The molecule has 0 spiro atoms. The van der Waals surface area contributed by atoms with Gasteiger partial charge < -0.3 is 19.5 Å². The van der Waals surface area contributed by atoms with Gasteiger partial charge in [0.05, 0.1) is 7.11 Å². The molecule has 1 rings (SSSR count). The van der Waals surface area contributed by atoms with Crippen LogP contribution in [0.15, 0.2) is 24.3 Å². The SMILES string of the molecule is CC.CNC(=O)COc1ccc(OCC(=O)OC)cc1. The molecule has 0 unspecified atom stereocenters. The first kappa shape index (κ1) is 17.8. The fourth-order valence-electron chi connectivity index (χ4n) is 1.05. The molecule has 112 valence electrons. The third kappa shape index (κ3) is 7.25. The molecule has 6 heteroatoms. The molecule has 0 radical (unpaired) electrons. The van der Waals surface area contributed by atoms with Crippen LogP contribution in [0.5, 0.6) is 11.5 Å². The van der Waals surface area contributed by atoms with Crippen molar-refractivity contribution in [3.8, 4) is 11.5 Å². The zero-order valence-electron chi connectivity index (χ0n) is 12.3. The van der Waals surface area contributed by atoms with Crippen molar-refractivity contribution in [1.29, 1.82) is 0 Å². The van der Waals surface area contributed by atoms with E-state index in [2.05, 4.69) is 10.1 Å². The second-order valence-electron chi connectivity index (χ2n) is 3.30. The molecule has 0 bridgehead atoms. The number of methoxy groups -OCH3 is 1. The standard InChI is InChI=1S/C12H15NO5.C2H6/c1-13-11(14)7-17-9-3-5-10(6-4-9)18-8-12(15)16-2;1-2/h3-6H,7-8H2,1-2H3,(H,13,14);1-2H3. The molecule has 1 aromatic carbocycles. The first-order valence-corrected chi connectivity index (χ1v) is 6.28. The molecule has 1 amide bonds. The monoisotopic (exact) mass is 283 g/mol. The Morgan fingerprint density at radius 3 is 1.85 bits per heavy atom. The van der Waals surface area contributed by atoms with Gasteiger partial charge in [0.2, 0.25) is 0 Å². The molecular weight excluding hydrogens is 262 g/mol. The normalized spacial score (nSPS) is 8.80. The average Bonchev–Trinajstić information content (AvgIpc) is 2.53. The fourth-order valence-corrected chi connectivity index (χ4v) is 1.05. The topological polar surface area (TPSA) is 73.9 Å². The number of carbonyl (C=O) groups is 2. The fraction of sp³-hybridized carbons (Fsp3) is 0.429. The van der Waals surface area contributed by atoms with E-state index in [0.717, 1.165) is 0 Å². The van der Waals surface area contributed by atoms with Crippen molar-refractivity contribution in [2.75, 3.05) is 27.4 Å². The lowest BCUT2D eigenvalue weighted by atomic mass is 10.3. The Balaban J connectivity index is 0.00000172. The molecule has 0 aliphatic rings. The van der Waals surface area contributed by atoms with Crippen LogP contribution < -0.4 is 14.8 Å². The smallest absolute Gasteiger partial charge is 0.343 e. The van der Waals surface area contributed by atoms with E-state index in [1.165, 1.54) is 14.2 Å². The summed E-state index contributed by atoms with van der Waals surface area (Å²) in [6, 6.07) is 6.58. The van der Waals surface area contributed by atoms with Crippen LogP contribution in [0.4, 0.5) is 0 Å². The number of likely N-dealkylation sites (N-methyl/N-ethyl adjacent to an activating group) is 1. The molecule has 0 saturated carbocycles. The largest absolute Gasteiger partial charge is 0.484 e. The first-order valence-electron chi connectivity index (χ1n) is 6.28. The lowest BCUT2D eigenvalue weighted by Gasteiger charge is -2.07. The van der Waals surface area contributed by atoms with E-state index in [-0.39, 0.29) is 19.1 Å². The summed E-state index contributed by atoms with van der Waals surface area (Å²) in [5.41, 5.74) is 0. The Kier molecular flexibility index (Phi) is 9.47. The van der Waals surface area contributed by atoms with Crippen LogP contribution in [0, 0.1) is 0 Å². The predicted octanol–water partition coefficient (Wildman–Crippen LogP) is 1.39. The van der Waals surface area contributed by atoms with Gasteiger partial charge in [-0.05, 0) is 24.3 Å². The van der Waals surface area contributed by atoms with E-state index >= 15 is 0 Å². The van der Waals surface area contributed by atoms with Gasteiger partial charge in [-0.15, -0.1) is 0 Å². The highest BCUT2D eigenvalue weighted by atomic mass is 16.6. The predicted molar refractivity (Wildman–Crippen MR) is 74.9 cm³/mol. The van der Waals surface area contributed by atoms with E-state index in [9.17, 15) is 9.59 Å². The molecule has 0 aromatic heterocycles. The Morgan fingerprint density at radius 1 is 1.00 bits per heavy atom. The third-order valence-electron chi connectivity index (χ3n) is 2.06. The lowest BCUT2D eigenvalue weighted by molar-refractivity contribution is -0.142. The molecule has 20 heavy (non-hydrogen) atoms. The van der Waals surface area contributed by atoms with E-state index in [4.69, 9.17) is 9.47 Å². The third-order valence-corrected chi connectivity index (χ3v) is 2.06. The lowest BCUT2D eigenvalue weighted by Crippen LogP contribution is -2.24. The molecule has 1 N–H and O–H groups in total. The second kappa shape index (κ2) is 10.7. The number of benzene rings is 1. The number of nitrogens with one attached hydrogen (secondary N) is 1. The molecule has 0 fully saturated rings. The van der Waals surface area contributed by atoms with E-state index in [1.54, 1.807) is 24.3 Å². The highest BCUT2D eigenvalue weighted by Gasteiger charge is 2.03. The van der Waals surface area contributed by atoms with Crippen LogP contribution in [-0.4, -0.2) is 39.2 Å². The Labute approximate surface area is 119 Å². The molecule has 0 atom stereocenters. The summed E-state index contributed by atoms with van der Waals surface area (Å²) < 4.78 is 14.8. The summed E-state index contributed by atoms with van der Waals surface area (Å²) >= 11 is 0. The van der Waals surface area contributed by atoms with Crippen molar-refractivity contribution in [3.63, 3.8) is 0 Å². The van der Waals surface area contributed by atoms with Gasteiger partial charge in [-0.2, -0.15) is 0 Å². The molecule has 6 nitrogen and oxygen atoms in total. The van der Waals surface area contributed by atoms with Gasteiger partial charge in [-0.1, -0.05) is 13.8 Å². The highest BCUT2D eigenvalue weighted by Crippen LogP contribution is 2.17. The second-order valence-corrected chi connectivity index (χ2v) is 3.30. The van der Waals surface area contributed by atoms with Gasteiger partial charge in [0.1, 0.15) is 11.5 Å². The number of ether oxygens (including phenoxy) is 3. The van der Waals surface area contributed by atoms with E-state index < -0.39 is 5.97 Å². The van der Waals surface area contributed by atoms with Gasteiger partial charge in [0, 0.05) is 7.05 Å². The van der Waals surface area contributed by atoms with Crippen molar-refractivity contribution in [2.45, 2.75) is 13.8 Å². The Morgan fingerprint density at radius 2 is 1.45 bits per heavy atom. The summed E-state index contributed by atoms with van der Waals surface area (Å²) in [5, 5.41) is 2.45. The summed E-state index contributed by atoms with van der Waals surface area (Å²) in [4.78, 5) is 21.8. The number of rotatable bonds is 6. The summed E-state index contributed by atoms with van der Waals surface area (Å²) in [6.45, 7) is 3.81. The van der Waals surface area contributed by atoms with Gasteiger partial charge >= 0.3 is 5.97 Å². The van der Waals surface area contributed by atoms with E-state index in [1.807, 2.05) is 13.8 Å². The Hall–Kier alpha value is -2.24. The van der Waals surface area contributed by atoms with Crippen molar-refractivity contribution >= 4 is 11.9 Å². The zero-order chi connectivity index (χ0) is 15.4. The average molecular weight is 283 g/mol. The zero-order valence-corrected chi connectivity index (χ0v) is 12.3. The Bertz CT molecular complexity index is 364. The summed E-state index contributed by atoms with van der Waals surface area (Å²) in [5.74, 6) is 0.410. The number of amides is 1. The van der Waals surface area contributed by atoms with Crippen LogP contribution in [0.1, 0.15) is 13.8 Å². The van der Waals surface area contributed by atoms with Crippen LogP contribution >= 0.6 is 0 Å². The van der Waals surface area contributed by atoms with Crippen molar-refractivity contribution in [3.05, 3.63) is 24.3 Å². The van der Waals surface area contributed by atoms with Crippen molar-refractivity contribution < 1.29 is 23.8 Å². The molecule has 0 saturated heterocycles. The van der Waals surface area contributed by atoms with Gasteiger partial charge in [0.15, 0.2) is 13.2 Å². The molecule has 1 aromatic rings. The molecule has 0 aliphatic heterocycles. The van der Waals surface area contributed by atoms with E-state index in [0.29, 0.717) is 11.5 Å². The molecular formula is C14H21NO5. The maximum Gasteiger partial charge on any atom is 0.343 e. The quantitative estimate of drug-likeness (QED) is 0.799. The number of hydrogen-bond acceptors (Lipinski definition) is 5. The van der Waals surface area contributed by atoms with Gasteiger partial charge in [0.25, 0.3) is 5.91 Å². The maximum atomic E-state index is 11.0. The van der Waals surface area contributed by atoms with Crippen molar-refractivity contribution in [1.82, 2.24) is 5.32 Å². The molecule has 0 heterocycles. The highest BCUT2D eigenvalue weighted by molar-refractivity contribution is 5.77. The minimum absolute atomic E-state index is 0.0428. The maximum absolute atomic E-state index is 11.0. The van der Waals surface area contributed by atoms with Crippen LogP contribution in [-0.2, 0) is 14.3 Å². The van der Waals surface area contributed by atoms with Crippen LogP contribution in [0.25, 0.3) is 0 Å². The number of esters is 1. The first-order chi connectivity index (χ1) is 9.65. The molecule has 0 aliphatic carbocycles. The van der Waals surface area contributed by atoms with Gasteiger partial charge in [-0.3, -0.25) is 4.79 Å². The number of carbonyl (C=O) groups excluding carboxylic acids is 2.